The molecule has 0 aromatic carbocycles. The number of hydrogen-bond acceptors (Lipinski definition) is 6. The maximum absolute atomic E-state index is 12.7. The van der Waals surface area contributed by atoms with Crippen LogP contribution >= 0.6 is 0 Å². The number of ether oxygens (including phenoxy) is 3. The number of rotatable bonds is 45. The lowest BCUT2D eigenvalue weighted by Gasteiger charge is -2.18. The minimum Gasteiger partial charge on any atom is -0.462 e. The van der Waals surface area contributed by atoms with E-state index in [0.717, 1.165) is 89.9 Å². The fraction of sp³-hybridized carbons (Fsp3) is 0.727. The summed E-state index contributed by atoms with van der Waals surface area (Å²) in [4.78, 5) is 37.9. The zero-order chi connectivity index (χ0) is 44.4. The third kappa shape index (κ3) is 47.7. The first-order valence-corrected chi connectivity index (χ1v) is 25.4. The van der Waals surface area contributed by atoms with Crippen molar-refractivity contribution in [2.24, 2.45) is 0 Å². The lowest BCUT2D eigenvalue weighted by molar-refractivity contribution is -0.167. The molecule has 1 atom stereocenters. The van der Waals surface area contributed by atoms with Crippen LogP contribution in [0.1, 0.15) is 239 Å². The van der Waals surface area contributed by atoms with E-state index in [4.69, 9.17) is 14.2 Å². The fourth-order valence-electron chi connectivity index (χ4n) is 6.82. The molecule has 0 aliphatic heterocycles. The van der Waals surface area contributed by atoms with Crippen molar-refractivity contribution in [3.8, 4) is 0 Å². The van der Waals surface area contributed by atoms with Gasteiger partial charge in [-0.1, -0.05) is 203 Å². The Labute approximate surface area is 376 Å². The van der Waals surface area contributed by atoms with Gasteiger partial charge in [0.1, 0.15) is 13.2 Å². The van der Waals surface area contributed by atoms with Crippen LogP contribution in [-0.4, -0.2) is 37.2 Å². The Kier molecular flexibility index (Phi) is 46.9. The van der Waals surface area contributed by atoms with Crippen LogP contribution in [0.25, 0.3) is 0 Å². The summed E-state index contributed by atoms with van der Waals surface area (Å²) < 4.78 is 16.7. The van der Waals surface area contributed by atoms with Gasteiger partial charge in [0.15, 0.2) is 6.10 Å². The van der Waals surface area contributed by atoms with Gasteiger partial charge < -0.3 is 14.2 Å². The van der Waals surface area contributed by atoms with E-state index in [9.17, 15) is 14.4 Å². The zero-order valence-corrected chi connectivity index (χ0v) is 39.9. The number of esters is 3. The van der Waals surface area contributed by atoms with Crippen LogP contribution < -0.4 is 0 Å². The van der Waals surface area contributed by atoms with Gasteiger partial charge >= 0.3 is 17.9 Å². The number of unbranched alkanes of at least 4 members (excludes halogenated alkanes) is 22. The smallest absolute Gasteiger partial charge is 0.306 e. The molecule has 6 nitrogen and oxygen atoms in total. The van der Waals surface area contributed by atoms with Crippen molar-refractivity contribution in [1.29, 1.82) is 0 Å². The molecule has 0 aliphatic rings. The van der Waals surface area contributed by atoms with Gasteiger partial charge in [-0.3, -0.25) is 14.4 Å². The van der Waals surface area contributed by atoms with Crippen LogP contribution in [0, 0.1) is 0 Å². The van der Waals surface area contributed by atoms with Gasteiger partial charge in [0.05, 0.1) is 0 Å². The molecule has 0 rings (SSSR count). The quantitative estimate of drug-likeness (QED) is 0.0263. The molecule has 0 saturated carbocycles. The van der Waals surface area contributed by atoms with Crippen molar-refractivity contribution in [2.45, 2.75) is 245 Å². The lowest BCUT2D eigenvalue weighted by atomic mass is 10.1. The highest BCUT2D eigenvalue weighted by Crippen LogP contribution is 2.14. The number of carbonyl (C=O) groups excluding carboxylic acids is 3. The minimum absolute atomic E-state index is 0.0986. The van der Waals surface area contributed by atoms with Crippen molar-refractivity contribution >= 4 is 17.9 Å². The average molecular weight is 851 g/mol. The highest BCUT2D eigenvalue weighted by atomic mass is 16.6. The van der Waals surface area contributed by atoms with Crippen LogP contribution in [0.3, 0.4) is 0 Å². The Morgan fingerprint density at radius 1 is 0.328 bits per heavy atom. The molecule has 0 saturated heterocycles. The Balaban J connectivity index is 4.47. The highest BCUT2D eigenvalue weighted by molar-refractivity contribution is 5.71. The largest absolute Gasteiger partial charge is 0.462 e. The second-order valence-electron chi connectivity index (χ2n) is 16.7. The van der Waals surface area contributed by atoms with Gasteiger partial charge in [-0.25, -0.2) is 0 Å². The average Bonchev–Trinajstić information content (AvgIpc) is 3.26. The van der Waals surface area contributed by atoms with Crippen molar-refractivity contribution in [2.75, 3.05) is 13.2 Å². The molecule has 0 amide bonds. The Hall–Kier alpha value is -3.15. The van der Waals surface area contributed by atoms with Gasteiger partial charge in [-0.15, -0.1) is 0 Å². The van der Waals surface area contributed by atoms with E-state index >= 15 is 0 Å². The van der Waals surface area contributed by atoms with Gasteiger partial charge in [0.25, 0.3) is 0 Å². The number of allylic oxidation sites excluding steroid dienone is 12. The molecule has 0 aromatic rings. The fourth-order valence-corrected chi connectivity index (χ4v) is 6.82. The molecule has 61 heavy (non-hydrogen) atoms. The lowest BCUT2D eigenvalue weighted by Crippen LogP contribution is -2.30. The molecule has 0 heterocycles. The van der Waals surface area contributed by atoms with Crippen LogP contribution in [0.4, 0.5) is 0 Å². The van der Waals surface area contributed by atoms with Crippen LogP contribution in [0.2, 0.25) is 0 Å². The molecule has 6 heteroatoms. The van der Waals surface area contributed by atoms with Gasteiger partial charge in [0.2, 0.25) is 0 Å². The summed E-state index contributed by atoms with van der Waals surface area (Å²) in [7, 11) is 0. The molecular weight excluding hydrogens is 757 g/mol. The Morgan fingerprint density at radius 3 is 1.02 bits per heavy atom. The molecule has 0 fully saturated rings. The Bertz CT molecular complexity index is 1160. The third-order valence-electron chi connectivity index (χ3n) is 10.7. The van der Waals surface area contributed by atoms with E-state index in [1.165, 1.54) is 103 Å². The van der Waals surface area contributed by atoms with Crippen molar-refractivity contribution in [3.63, 3.8) is 0 Å². The predicted molar refractivity (Wildman–Crippen MR) is 261 cm³/mol. The number of hydrogen-bond donors (Lipinski definition) is 0. The molecule has 0 spiro atoms. The monoisotopic (exact) mass is 851 g/mol. The van der Waals surface area contributed by atoms with Crippen LogP contribution in [0.5, 0.6) is 0 Å². The topological polar surface area (TPSA) is 78.9 Å². The first kappa shape index (κ1) is 57.9. The van der Waals surface area contributed by atoms with Crippen LogP contribution in [0.15, 0.2) is 72.9 Å². The van der Waals surface area contributed by atoms with E-state index < -0.39 is 6.10 Å². The maximum Gasteiger partial charge on any atom is 0.306 e. The summed E-state index contributed by atoms with van der Waals surface area (Å²) in [5, 5.41) is 0. The van der Waals surface area contributed by atoms with E-state index in [1.54, 1.807) is 0 Å². The predicted octanol–water partition coefficient (Wildman–Crippen LogP) is 16.6. The summed E-state index contributed by atoms with van der Waals surface area (Å²) in [6.45, 7) is 6.51. The zero-order valence-electron chi connectivity index (χ0n) is 39.9. The molecule has 0 bridgehead atoms. The highest BCUT2D eigenvalue weighted by Gasteiger charge is 2.19. The van der Waals surface area contributed by atoms with Gasteiger partial charge in [-0.2, -0.15) is 0 Å². The van der Waals surface area contributed by atoms with E-state index in [2.05, 4.69) is 93.7 Å². The minimum atomic E-state index is -0.800. The van der Waals surface area contributed by atoms with E-state index in [1.807, 2.05) is 0 Å². The maximum atomic E-state index is 12.7. The van der Waals surface area contributed by atoms with Gasteiger partial charge in [0, 0.05) is 19.3 Å². The standard InChI is InChI=1S/C55H94O6/c1-4-7-10-13-16-19-22-24-26-27-29-31-34-36-39-42-45-48-54(57)60-51-52(61-55(58)49-46-43-40-37-32-21-18-15-12-9-6-3)50-59-53(56)47-44-41-38-35-33-30-28-25-23-20-17-14-11-8-5-2/h16-17,19-20,24-26,28-29,31,36,39,52H,4-15,18,21-23,27,30,32-35,37-38,40-51H2,1-3H3/t52-/m1/s1. The number of carbonyl (C=O) groups is 3. The second kappa shape index (κ2) is 49.5. The van der Waals surface area contributed by atoms with Crippen molar-refractivity contribution in [3.05, 3.63) is 72.9 Å². The SMILES string of the molecule is CCCCCC=CCC=CCC=CCC=CCCCC(=O)OC[C@@H](COC(=O)CCCCCCCC=CCC=CCCCCC)OC(=O)CCCCCCCCCCCCC. The third-order valence-corrected chi connectivity index (χ3v) is 10.7. The molecule has 0 unspecified atom stereocenters. The summed E-state index contributed by atoms with van der Waals surface area (Å²) >= 11 is 0. The van der Waals surface area contributed by atoms with Crippen LogP contribution in [-0.2, 0) is 28.6 Å². The second-order valence-corrected chi connectivity index (χ2v) is 16.7. The molecule has 0 radical (unpaired) electrons. The molecule has 0 aromatic heterocycles. The van der Waals surface area contributed by atoms with Crippen molar-refractivity contribution < 1.29 is 28.6 Å². The summed E-state index contributed by atoms with van der Waals surface area (Å²) in [6, 6.07) is 0. The molecule has 0 aliphatic carbocycles. The summed E-state index contributed by atoms with van der Waals surface area (Å²) in [6.07, 6.45) is 61.7. The Morgan fingerprint density at radius 2 is 0.607 bits per heavy atom. The van der Waals surface area contributed by atoms with E-state index in [0.29, 0.717) is 19.3 Å². The van der Waals surface area contributed by atoms with Crippen molar-refractivity contribution in [1.82, 2.24) is 0 Å². The first-order chi connectivity index (χ1) is 30.0. The first-order valence-electron chi connectivity index (χ1n) is 25.4. The molecule has 0 N–H and O–H groups in total. The normalized spacial score (nSPS) is 12.6. The summed E-state index contributed by atoms with van der Waals surface area (Å²) in [5.41, 5.74) is 0. The molecule has 350 valence electrons. The van der Waals surface area contributed by atoms with E-state index in [-0.39, 0.29) is 37.5 Å². The summed E-state index contributed by atoms with van der Waals surface area (Å²) in [5.74, 6) is -0.969. The van der Waals surface area contributed by atoms with Gasteiger partial charge in [-0.05, 0) is 89.9 Å². The molecular formula is C55H94O6.